The van der Waals surface area contributed by atoms with E-state index in [-0.39, 0.29) is 5.91 Å². The number of nitrogens with zero attached hydrogens (tertiary/aromatic N) is 2. The van der Waals surface area contributed by atoms with Crippen LogP contribution in [0.1, 0.15) is 36.5 Å². The Labute approximate surface area is 110 Å². The number of benzene rings is 1. The predicted molar refractivity (Wildman–Crippen MR) is 74.0 cm³/mol. The second-order valence-corrected chi connectivity index (χ2v) is 5.76. The van der Waals surface area contributed by atoms with Gasteiger partial charge in [0.2, 0.25) is 0 Å². The van der Waals surface area contributed by atoms with Crippen LogP contribution in [-0.2, 0) is 0 Å². The van der Waals surface area contributed by atoms with Gasteiger partial charge in [-0.1, -0.05) is 0 Å². The number of carbonyl (C=O) groups is 1. The van der Waals surface area contributed by atoms with Gasteiger partial charge in [-0.25, -0.2) is 4.98 Å². The number of fused-ring (bicyclic) bond motifs is 1. The molecule has 1 saturated heterocycles. The Morgan fingerprint density at radius 2 is 2.33 bits per heavy atom. The smallest absolute Gasteiger partial charge is 0.254 e. The summed E-state index contributed by atoms with van der Waals surface area (Å²) in [6.45, 7) is 3.03. The summed E-state index contributed by atoms with van der Waals surface area (Å²) in [6, 6.07) is 6.17. The molecule has 1 aromatic heterocycles. The van der Waals surface area contributed by atoms with Crippen LogP contribution in [0.2, 0.25) is 0 Å². The molecule has 0 spiro atoms. The molecule has 1 aromatic carbocycles. The van der Waals surface area contributed by atoms with Crippen molar-refractivity contribution in [3.8, 4) is 0 Å². The number of hydrogen-bond donors (Lipinski definition) is 0. The molecular weight excluding hydrogens is 244 g/mol. The standard InChI is InChI=1S/C14H16N2OS/c1-10-4-2-3-7-16(10)14(17)11-5-6-12-13(8-11)18-9-15-12/h5-6,8-10H,2-4,7H2,1H3. The van der Waals surface area contributed by atoms with E-state index in [2.05, 4.69) is 11.9 Å². The molecular formula is C14H16N2OS. The average molecular weight is 260 g/mol. The van der Waals surface area contributed by atoms with Crippen LogP contribution in [0.15, 0.2) is 23.7 Å². The van der Waals surface area contributed by atoms with Crippen molar-refractivity contribution in [1.29, 1.82) is 0 Å². The van der Waals surface area contributed by atoms with Gasteiger partial charge in [0.05, 0.1) is 15.7 Å². The molecule has 1 fully saturated rings. The van der Waals surface area contributed by atoms with E-state index in [4.69, 9.17) is 0 Å². The third-order valence-corrected chi connectivity index (χ3v) is 4.43. The van der Waals surface area contributed by atoms with Gasteiger partial charge in [-0.05, 0) is 44.4 Å². The summed E-state index contributed by atoms with van der Waals surface area (Å²) < 4.78 is 1.09. The van der Waals surface area contributed by atoms with Crippen LogP contribution in [0.3, 0.4) is 0 Å². The third kappa shape index (κ3) is 2.01. The first-order valence-electron chi connectivity index (χ1n) is 6.40. The van der Waals surface area contributed by atoms with Gasteiger partial charge in [0, 0.05) is 18.2 Å². The Hall–Kier alpha value is -1.42. The zero-order chi connectivity index (χ0) is 12.5. The minimum absolute atomic E-state index is 0.164. The molecule has 2 aromatic rings. The van der Waals surface area contributed by atoms with Crippen molar-refractivity contribution < 1.29 is 4.79 Å². The summed E-state index contributed by atoms with van der Waals surface area (Å²) in [4.78, 5) is 18.7. The zero-order valence-corrected chi connectivity index (χ0v) is 11.2. The Balaban J connectivity index is 1.90. The maximum Gasteiger partial charge on any atom is 0.254 e. The molecule has 1 atom stereocenters. The lowest BCUT2D eigenvalue weighted by Gasteiger charge is -2.33. The molecule has 0 bridgehead atoms. The fourth-order valence-corrected chi connectivity index (χ4v) is 3.27. The fraction of sp³-hybridized carbons (Fsp3) is 0.429. The van der Waals surface area contributed by atoms with Crippen molar-refractivity contribution in [2.24, 2.45) is 0 Å². The lowest BCUT2D eigenvalue weighted by atomic mass is 10.0. The lowest BCUT2D eigenvalue weighted by Crippen LogP contribution is -2.41. The number of thiazole rings is 1. The minimum Gasteiger partial charge on any atom is -0.336 e. The normalized spacial score (nSPS) is 20.3. The van der Waals surface area contributed by atoms with Crippen LogP contribution in [0.5, 0.6) is 0 Å². The van der Waals surface area contributed by atoms with Crippen LogP contribution in [0, 0.1) is 0 Å². The topological polar surface area (TPSA) is 33.2 Å². The summed E-state index contributed by atoms with van der Waals surface area (Å²) in [5.74, 6) is 0.164. The molecule has 1 aliphatic rings. The molecule has 2 heterocycles. The highest BCUT2D eigenvalue weighted by Gasteiger charge is 2.24. The van der Waals surface area contributed by atoms with Crippen molar-refractivity contribution in [2.45, 2.75) is 32.2 Å². The first-order chi connectivity index (χ1) is 8.75. The number of hydrogen-bond acceptors (Lipinski definition) is 3. The van der Waals surface area contributed by atoms with Gasteiger partial charge in [-0.15, -0.1) is 11.3 Å². The number of likely N-dealkylation sites (tertiary alicyclic amines) is 1. The first kappa shape index (κ1) is 11.7. The molecule has 18 heavy (non-hydrogen) atoms. The molecule has 94 valence electrons. The van der Waals surface area contributed by atoms with Gasteiger partial charge in [-0.2, -0.15) is 0 Å². The molecule has 1 aliphatic heterocycles. The zero-order valence-electron chi connectivity index (χ0n) is 10.4. The van der Waals surface area contributed by atoms with Gasteiger partial charge in [0.1, 0.15) is 0 Å². The van der Waals surface area contributed by atoms with E-state index in [9.17, 15) is 4.79 Å². The van der Waals surface area contributed by atoms with E-state index >= 15 is 0 Å². The summed E-state index contributed by atoms with van der Waals surface area (Å²) in [6.07, 6.45) is 3.48. The fourth-order valence-electron chi connectivity index (χ4n) is 2.55. The van der Waals surface area contributed by atoms with Crippen LogP contribution >= 0.6 is 11.3 Å². The van der Waals surface area contributed by atoms with Crippen LogP contribution in [0.25, 0.3) is 10.2 Å². The minimum atomic E-state index is 0.164. The van der Waals surface area contributed by atoms with E-state index in [1.54, 1.807) is 11.3 Å². The number of amides is 1. The summed E-state index contributed by atoms with van der Waals surface area (Å²) in [5, 5.41) is 0. The molecule has 4 heteroatoms. The van der Waals surface area contributed by atoms with E-state index in [1.165, 1.54) is 6.42 Å². The van der Waals surface area contributed by atoms with E-state index in [0.717, 1.165) is 35.2 Å². The Bertz CT molecular complexity index is 578. The highest BCUT2D eigenvalue weighted by Crippen LogP contribution is 2.23. The van der Waals surface area contributed by atoms with Gasteiger partial charge in [0.15, 0.2) is 0 Å². The molecule has 0 saturated carbocycles. The largest absolute Gasteiger partial charge is 0.336 e. The molecule has 1 amide bonds. The number of rotatable bonds is 1. The van der Waals surface area contributed by atoms with Gasteiger partial charge < -0.3 is 4.90 Å². The molecule has 3 rings (SSSR count). The van der Waals surface area contributed by atoms with Crippen LogP contribution in [0.4, 0.5) is 0 Å². The van der Waals surface area contributed by atoms with Crippen molar-refractivity contribution in [1.82, 2.24) is 9.88 Å². The highest BCUT2D eigenvalue weighted by molar-refractivity contribution is 7.16. The van der Waals surface area contributed by atoms with Gasteiger partial charge in [0.25, 0.3) is 5.91 Å². The Morgan fingerprint density at radius 1 is 1.44 bits per heavy atom. The molecule has 1 unspecified atom stereocenters. The number of carbonyl (C=O) groups excluding carboxylic acids is 1. The molecule has 0 aliphatic carbocycles. The van der Waals surface area contributed by atoms with Crippen molar-refractivity contribution >= 4 is 27.5 Å². The summed E-state index contributed by atoms with van der Waals surface area (Å²) in [5.41, 5.74) is 3.59. The monoisotopic (exact) mass is 260 g/mol. The SMILES string of the molecule is CC1CCCCN1C(=O)c1ccc2ncsc2c1. The van der Waals surface area contributed by atoms with Gasteiger partial charge >= 0.3 is 0 Å². The lowest BCUT2D eigenvalue weighted by molar-refractivity contribution is 0.0636. The Morgan fingerprint density at radius 3 is 3.17 bits per heavy atom. The molecule has 0 radical (unpaired) electrons. The molecule has 3 nitrogen and oxygen atoms in total. The summed E-state index contributed by atoms with van der Waals surface area (Å²) in [7, 11) is 0. The van der Waals surface area contributed by atoms with E-state index < -0.39 is 0 Å². The Kier molecular flexibility index (Phi) is 3.04. The van der Waals surface area contributed by atoms with Crippen molar-refractivity contribution in [2.75, 3.05) is 6.54 Å². The van der Waals surface area contributed by atoms with Crippen LogP contribution < -0.4 is 0 Å². The maximum atomic E-state index is 12.5. The number of piperidine rings is 1. The number of aromatic nitrogens is 1. The average Bonchev–Trinajstić information content (AvgIpc) is 2.85. The van der Waals surface area contributed by atoms with Crippen molar-refractivity contribution in [3.05, 3.63) is 29.3 Å². The molecule has 0 N–H and O–H groups in total. The summed E-state index contributed by atoms with van der Waals surface area (Å²) >= 11 is 1.58. The second-order valence-electron chi connectivity index (χ2n) is 4.88. The second kappa shape index (κ2) is 4.69. The quantitative estimate of drug-likeness (QED) is 0.788. The first-order valence-corrected chi connectivity index (χ1v) is 7.28. The maximum absolute atomic E-state index is 12.5. The van der Waals surface area contributed by atoms with E-state index in [1.807, 2.05) is 28.6 Å². The van der Waals surface area contributed by atoms with Gasteiger partial charge in [-0.3, -0.25) is 4.79 Å². The third-order valence-electron chi connectivity index (χ3n) is 3.64. The van der Waals surface area contributed by atoms with Crippen molar-refractivity contribution in [3.63, 3.8) is 0 Å². The predicted octanol–water partition coefficient (Wildman–Crippen LogP) is 3.31. The van der Waals surface area contributed by atoms with Crippen LogP contribution in [-0.4, -0.2) is 28.4 Å². The highest BCUT2D eigenvalue weighted by atomic mass is 32.1. The van der Waals surface area contributed by atoms with E-state index in [0.29, 0.717) is 6.04 Å².